The van der Waals surface area contributed by atoms with Gasteiger partial charge in [0.1, 0.15) is 5.52 Å². The normalized spacial score (nSPS) is 16.4. The van der Waals surface area contributed by atoms with E-state index in [1.807, 2.05) is 0 Å². The summed E-state index contributed by atoms with van der Waals surface area (Å²) in [5, 5.41) is 3.54. The highest BCUT2D eigenvalue weighted by atomic mass is 35.5. The molecule has 2 aromatic heterocycles. The Labute approximate surface area is 123 Å². The van der Waals surface area contributed by atoms with Crippen molar-refractivity contribution in [2.45, 2.75) is 31.7 Å². The molecule has 2 N–H and O–H groups in total. The molecule has 0 saturated heterocycles. The Balaban J connectivity index is 1.60. The van der Waals surface area contributed by atoms with Crippen LogP contribution in [0.3, 0.4) is 0 Å². The first-order valence-electron chi connectivity index (χ1n) is 7.05. The zero-order valence-corrected chi connectivity index (χ0v) is 12.3. The van der Waals surface area contributed by atoms with Gasteiger partial charge in [0.15, 0.2) is 11.5 Å². The van der Waals surface area contributed by atoms with Crippen LogP contribution in [0.2, 0.25) is 5.28 Å². The Kier molecular flexibility index (Phi) is 4.03. The molecule has 0 amide bonds. The quantitative estimate of drug-likeness (QED) is 0.828. The van der Waals surface area contributed by atoms with Crippen molar-refractivity contribution in [3.8, 4) is 0 Å². The fourth-order valence-electron chi connectivity index (χ4n) is 2.81. The van der Waals surface area contributed by atoms with E-state index in [9.17, 15) is 0 Å². The standard InChI is InChI=1S/C13H19ClN6/c1-20(9-4-2-3-5-9)7-6-15-11-10-12(17-8-16-10)19-13(14)18-11/h8-9H,2-7H2,1H3,(H2,15,16,17,18,19). The van der Waals surface area contributed by atoms with E-state index < -0.39 is 0 Å². The van der Waals surface area contributed by atoms with Crippen LogP contribution in [0.4, 0.5) is 5.82 Å². The Morgan fingerprint density at radius 2 is 2.20 bits per heavy atom. The summed E-state index contributed by atoms with van der Waals surface area (Å²) in [5.41, 5.74) is 1.40. The summed E-state index contributed by atoms with van der Waals surface area (Å²) >= 11 is 5.90. The van der Waals surface area contributed by atoms with Crippen molar-refractivity contribution in [2.75, 3.05) is 25.5 Å². The van der Waals surface area contributed by atoms with Crippen LogP contribution in [0.15, 0.2) is 6.33 Å². The van der Waals surface area contributed by atoms with E-state index in [0.29, 0.717) is 5.65 Å². The molecule has 2 heterocycles. The molecular formula is C13H19ClN6. The highest BCUT2D eigenvalue weighted by Gasteiger charge is 2.19. The Morgan fingerprint density at radius 3 is 3.00 bits per heavy atom. The zero-order chi connectivity index (χ0) is 13.9. The van der Waals surface area contributed by atoms with Crippen LogP contribution in [-0.4, -0.2) is 51.0 Å². The molecule has 1 fully saturated rings. The van der Waals surface area contributed by atoms with Gasteiger partial charge >= 0.3 is 0 Å². The number of nitrogens with one attached hydrogen (secondary N) is 2. The molecule has 1 aliphatic rings. The summed E-state index contributed by atoms with van der Waals surface area (Å²) in [7, 11) is 2.19. The summed E-state index contributed by atoms with van der Waals surface area (Å²) in [6.45, 7) is 1.82. The molecule has 0 bridgehead atoms. The molecular weight excluding hydrogens is 276 g/mol. The minimum absolute atomic E-state index is 0.219. The van der Waals surface area contributed by atoms with Crippen molar-refractivity contribution in [1.82, 2.24) is 24.8 Å². The second kappa shape index (κ2) is 5.93. The molecule has 7 heteroatoms. The van der Waals surface area contributed by atoms with Gasteiger partial charge in [-0.15, -0.1) is 0 Å². The first-order valence-corrected chi connectivity index (χ1v) is 7.42. The average molecular weight is 295 g/mol. The van der Waals surface area contributed by atoms with Crippen molar-refractivity contribution >= 4 is 28.6 Å². The number of nitrogens with zero attached hydrogens (tertiary/aromatic N) is 4. The highest BCUT2D eigenvalue weighted by Crippen LogP contribution is 2.22. The Morgan fingerprint density at radius 1 is 1.40 bits per heavy atom. The third-order valence-corrected chi connectivity index (χ3v) is 4.13. The topological polar surface area (TPSA) is 69.7 Å². The second-order valence-electron chi connectivity index (χ2n) is 5.29. The number of anilines is 1. The lowest BCUT2D eigenvalue weighted by Crippen LogP contribution is -2.33. The van der Waals surface area contributed by atoms with Crippen LogP contribution < -0.4 is 5.32 Å². The van der Waals surface area contributed by atoms with Gasteiger partial charge < -0.3 is 15.2 Å². The van der Waals surface area contributed by atoms with Crippen molar-refractivity contribution in [1.29, 1.82) is 0 Å². The van der Waals surface area contributed by atoms with Crippen molar-refractivity contribution in [2.24, 2.45) is 0 Å². The van der Waals surface area contributed by atoms with Gasteiger partial charge in [-0.05, 0) is 31.5 Å². The third kappa shape index (κ3) is 2.86. The fourth-order valence-corrected chi connectivity index (χ4v) is 2.98. The zero-order valence-electron chi connectivity index (χ0n) is 11.6. The van der Waals surface area contributed by atoms with Gasteiger partial charge in [0.25, 0.3) is 0 Å². The maximum absolute atomic E-state index is 5.90. The molecule has 3 rings (SSSR count). The average Bonchev–Trinajstić information content (AvgIpc) is 3.09. The minimum atomic E-state index is 0.219. The number of imidazole rings is 1. The number of rotatable bonds is 5. The van der Waals surface area contributed by atoms with E-state index in [1.165, 1.54) is 25.7 Å². The molecule has 0 radical (unpaired) electrons. The maximum Gasteiger partial charge on any atom is 0.226 e. The van der Waals surface area contributed by atoms with Gasteiger partial charge in [0, 0.05) is 19.1 Å². The van der Waals surface area contributed by atoms with Crippen molar-refractivity contribution in [3.63, 3.8) is 0 Å². The summed E-state index contributed by atoms with van der Waals surface area (Å²) < 4.78 is 0. The van der Waals surface area contributed by atoms with Gasteiger partial charge in [0.05, 0.1) is 6.33 Å². The van der Waals surface area contributed by atoms with E-state index in [2.05, 4.69) is 37.2 Å². The van der Waals surface area contributed by atoms with Crippen molar-refractivity contribution in [3.05, 3.63) is 11.6 Å². The molecule has 6 nitrogen and oxygen atoms in total. The molecule has 1 saturated carbocycles. The first-order chi connectivity index (χ1) is 9.74. The van der Waals surface area contributed by atoms with Crippen LogP contribution in [0, 0.1) is 0 Å². The Hall–Kier alpha value is -1.40. The summed E-state index contributed by atoms with van der Waals surface area (Å²) in [5.74, 6) is 0.720. The number of hydrogen-bond acceptors (Lipinski definition) is 5. The SMILES string of the molecule is CN(CCNc1nc(Cl)nc2nc[nH]c12)C1CCCC1. The number of aromatic amines is 1. The molecule has 0 atom stereocenters. The number of hydrogen-bond donors (Lipinski definition) is 2. The van der Waals surface area contributed by atoms with Gasteiger partial charge in [-0.25, -0.2) is 4.98 Å². The van der Waals surface area contributed by atoms with Crippen LogP contribution >= 0.6 is 11.6 Å². The van der Waals surface area contributed by atoms with Crippen LogP contribution in [0.1, 0.15) is 25.7 Å². The van der Waals surface area contributed by atoms with E-state index in [0.717, 1.165) is 30.5 Å². The smallest absolute Gasteiger partial charge is 0.226 e. The Bertz CT molecular complexity index is 577. The third-order valence-electron chi connectivity index (χ3n) is 3.96. The molecule has 108 valence electrons. The van der Waals surface area contributed by atoms with Gasteiger partial charge in [-0.1, -0.05) is 12.8 Å². The number of halogens is 1. The molecule has 20 heavy (non-hydrogen) atoms. The molecule has 0 aromatic carbocycles. The minimum Gasteiger partial charge on any atom is -0.367 e. The summed E-state index contributed by atoms with van der Waals surface area (Å²) in [4.78, 5) is 17.9. The fraction of sp³-hybridized carbons (Fsp3) is 0.615. The van der Waals surface area contributed by atoms with Crippen LogP contribution in [0.25, 0.3) is 11.2 Å². The van der Waals surface area contributed by atoms with Crippen molar-refractivity contribution < 1.29 is 0 Å². The monoisotopic (exact) mass is 294 g/mol. The van der Waals surface area contributed by atoms with Gasteiger partial charge in [0.2, 0.25) is 5.28 Å². The number of fused-ring (bicyclic) bond motifs is 1. The first kappa shape index (κ1) is 13.6. The van der Waals surface area contributed by atoms with Crippen LogP contribution in [-0.2, 0) is 0 Å². The largest absolute Gasteiger partial charge is 0.367 e. The highest BCUT2D eigenvalue weighted by molar-refractivity contribution is 6.28. The number of likely N-dealkylation sites (N-methyl/N-ethyl adjacent to an activating group) is 1. The van der Waals surface area contributed by atoms with E-state index in [4.69, 9.17) is 11.6 Å². The lowest BCUT2D eigenvalue weighted by Gasteiger charge is -2.24. The van der Waals surface area contributed by atoms with E-state index >= 15 is 0 Å². The molecule has 0 aliphatic heterocycles. The number of H-pyrrole nitrogens is 1. The maximum atomic E-state index is 5.90. The van der Waals surface area contributed by atoms with Gasteiger partial charge in [-0.3, -0.25) is 0 Å². The lowest BCUT2D eigenvalue weighted by molar-refractivity contribution is 0.254. The summed E-state index contributed by atoms with van der Waals surface area (Å²) in [6.07, 6.45) is 6.96. The molecule has 2 aromatic rings. The predicted molar refractivity (Wildman–Crippen MR) is 80.1 cm³/mol. The van der Waals surface area contributed by atoms with Gasteiger partial charge in [-0.2, -0.15) is 9.97 Å². The van der Waals surface area contributed by atoms with Crippen LogP contribution in [0.5, 0.6) is 0 Å². The molecule has 1 aliphatic carbocycles. The summed E-state index contributed by atoms with van der Waals surface area (Å²) in [6, 6.07) is 0.734. The molecule has 0 unspecified atom stereocenters. The molecule has 0 spiro atoms. The van der Waals surface area contributed by atoms with E-state index in [-0.39, 0.29) is 5.28 Å². The predicted octanol–water partition coefficient (Wildman–Crippen LogP) is 2.29. The second-order valence-corrected chi connectivity index (χ2v) is 5.63. The lowest BCUT2D eigenvalue weighted by atomic mass is 10.2. The number of aromatic nitrogens is 4. The van der Waals surface area contributed by atoms with E-state index in [1.54, 1.807) is 6.33 Å².